The summed E-state index contributed by atoms with van der Waals surface area (Å²) in [6.45, 7) is 2.52. The predicted molar refractivity (Wildman–Crippen MR) is 408 cm³/mol. The number of aliphatic hydroxyl groups excluding tert-OH is 2. The molecule has 574 valence electrons. The van der Waals surface area contributed by atoms with Crippen LogP contribution in [-0.4, -0.2) is 95.9 Å². The maximum absolute atomic E-state index is 12.9. The molecular formula is C81H144O16P2. The van der Waals surface area contributed by atoms with E-state index in [4.69, 9.17) is 32.3 Å². The average molecular weight is 1440 g/mol. The van der Waals surface area contributed by atoms with Crippen LogP contribution in [0.1, 0.15) is 342 Å². The van der Waals surface area contributed by atoms with Crippen molar-refractivity contribution in [1.82, 2.24) is 0 Å². The summed E-state index contributed by atoms with van der Waals surface area (Å²) in [6.07, 6.45) is 84.9. The quantitative estimate of drug-likeness (QED) is 0.0146. The van der Waals surface area contributed by atoms with Crippen LogP contribution in [0, 0.1) is 0 Å². The zero-order valence-electron chi connectivity index (χ0n) is 62.6. The van der Waals surface area contributed by atoms with Gasteiger partial charge in [0.1, 0.15) is 25.4 Å². The maximum Gasteiger partial charge on any atom is 0.472 e. The summed E-state index contributed by atoms with van der Waals surface area (Å²) in [5.74, 6) is -1.59. The van der Waals surface area contributed by atoms with Gasteiger partial charge in [0.15, 0.2) is 6.10 Å². The Hall–Kier alpha value is -3.53. The van der Waals surface area contributed by atoms with Crippen molar-refractivity contribution in [2.45, 2.75) is 360 Å². The fourth-order valence-electron chi connectivity index (χ4n) is 10.7. The van der Waals surface area contributed by atoms with Gasteiger partial charge in [-0.05, 0) is 122 Å². The molecule has 0 aliphatic carbocycles. The Morgan fingerprint density at radius 3 is 0.879 bits per heavy atom. The van der Waals surface area contributed by atoms with Gasteiger partial charge in [0.05, 0.1) is 26.4 Å². The van der Waals surface area contributed by atoms with E-state index in [2.05, 4.69) is 118 Å². The summed E-state index contributed by atoms with van der Waals surface area (Å²) in [4.78, 5) is 58.5. The van der Waals surface area contributed by atoms with E-state index in [-0.39, 0.29) is 19.3 Å². The normalized spacial score (nSPS) is 14.5. The van der Waals surface area contributed by atoms with E-state index in [0.717, 1.165) is 135 Å². The van der Waals surface area contributed by atoms with Gasteiger partial charge in [-0.2, -0.15) is 0 Å². The van der Waals surface area contributed by atoms with Crippen molar-refractivity contribution in [3.05, 3.63) is 97.2 Å². The fraction of sp³-hybridized carbons (Fsp3) is 0.765. The number of aliphatic hydroxyl groups is 2. The second-order valence-electron chi connectivity index (χ2n) is 26.5. The van der Waals surface area contributed by atoms with Gasteiger partial charge >= 0.3 is 33.6 Å². The van der Waals surface area contributed by atoms with Crippen LogP contribution in [0.4, 0.5) is 0 Å². The molecule has 0 saturated carbocycles. The summed E-state index contributed by atoms with van der Waals surface area (Å²) in [6, 6.07) is 0. The van der Waals surface area contributed by atoms with Gasteiger partial charge in [-0.15, -0.1) is 0 Å². The Bertz CT molecular complexity index is 2190. The summed E-state index contributed by atoms with van der Waals surface area (Å²) in [7, 11) is -9.78. The Kier molecular flexibility index (Phi) is 71.6. The monoisotopic (exact) mass is 1430 g/mol. The maximum atomic E-state index is 12.9. The van der Waals surface area contributed by atoms with Gasteiger partial charge < -0.3 is 34.2 Å². The van der Waals surface area contributed by atoms with Gasteiger partial charge in [0.2, 0.25) is 0 Å². The van der Waals surface area contributed by atoms with Gasteiger partial charge in [0, 0.05) is 19.3 Å². The molecule has 99 heavy (non-hydrogen) atoms. The summed E-state index contributed by atoms with van der Waals surface area (Å²) in [5, 5.41) is 20.6. The highest BCUT2D eigenvalue weighted by molar-refractivity contribution is 7.47. The van der Waals surface area contributed by atoms with E-state index in [1.54, 1.807) is 0 Å². The minimum atomic E-state index is -4.93. The summed E-state index contributed by atoms with van der Waals surface area (Å²) < 4.78 is 61.0. The van der Waals surface area contributed by atoms with E-state index in [1.165, 1.54) is 148 Å². The molecule has 5 atom stereocenters. The number of carbonyl (C=O) groups excluding carboxylic acids is 3. The second kappa shape index (κ2) is 74.2. The lowest BCUT2D eigenvalue weighted by molar-refractivity contribution is -0.161. The third-order valence-electron chi connectivity index (χ3n) is 16.8. The smallest absolute Gasteiger partial charge is 0.463 e. The molecule has 0 spiro atoms. The topological polar surface area (TPSA) is 231 Å². The molecule has 0 aromatic heterocycles. The van der Waals surface area contributed by atoms with Crippen molar-refractivity contribution in [2.24, 2.45) is 0 Å². The van der Waals surface area contributed by atoms with Crippen molar-refractivity contribution < 1.29 is 75.8 Å². The largest absolute Gasteiger partial charge is 0.472 e. The van der Waals surface area contributed by atoms with Crippen molar-refractivity contribution in [1.29, 1.82) is 0 Å². The Labute approximate surface area is 603 Å². The van der Waals surface area contributed by atoms with Crippen LogP contribution in [-0.2, 0) is 55.8 Å². The Balaban J connectivity index is 4.31. The average Bonchev–Trinajstić information content (AvgIpc) is 1.09. The molecule has 16 nitrogen and oxygen atoms in total. The molecule has 5 unspecified atom stereocenters. The van der Waals surface area contributed by atoms with Crippen LogP contribution in [0.25, 0.3) is 0 Å². The lowest BCUT2D eigenvalue weighted by atomic mass is 10.0. The molecule has 4 N–H and O–H groups in total. The zero-order valence-corrected chi connectivity index (χ0v) is 64.4. The highest BCUT2D eigenvalue weighted by Gasteiger charge is 2.29. The number of carbonyl (C=O) groups is 3. The molecule has 0 aliphatic heterocycles. The molecule has 0 radical (unpaired) electrons. The molecule has 0 bridgehead atoms. The molecular weight excluding hydrogens is 1290 g/mol. The zero-order chi connectivity index (χ0) is 72.3. The van der Waals surface area contributed by atoms with E-state index in [1.807, 2.05) is 0 Å². The number of esters is 3. The number of unbranched alkanes of at least 4 members (excludes halogenated alkanes) is 36. The molecule has 0 aromatic carbocycles. The van der Waals surface area contributed by atoms with Crippen LogP contribution in [0.2, 0.25) is 0 Å². The number of allylic oxidation sites excluding steroid dienone is 16. The molecule has 0 aromatic rings. The first-order chi connectivity index (χ1) is 48.2. The first-order valence-corrected chi connectivity index (χ1v) is 42.5. The van der Waals surface area contributed by atoms with Crippen LogP contribution in [0.15, 0.2) is 97.2 Å². The molecule has 0 fully saturated rings. The Morgan fingerprint density at radius 2 is 0.535 bits per heavy atom. The molecule has 0 amide bonds. The highest BCUT2D eigenvalue weighted by Crippen LogP contribution is 2.45. The first kappa shape index (κ1) is 95.5. The predicted octanol–water partition coefficient (Wildman–Crippen LogP) is 23.0. The summed E-state index contributed by atoms with van der Waals surface area (Å²) in [5.41, 5.74) is 0. The lowest BCUT2D eigenvalue weighted by Crippen LogP contribution is -2.30. The Morgan fingerprint density at radius 1 is 0.293 bits per heavy atom. The van der Waals surface area contributed by atoms with E-state index in [0.29, 0.717) is 19.3 Å². The fourth-order valence-corrected chi connectivity index (χ4v) is 12.3. The van der Waals surface area contributed by atoms with Crippen molar-refractivity contribution in [3.8, 4) is 0 Å². The van der Waals surface area contributed by atoms with E-state index in [9.17, 15) is 43.5 Å². The first-order valence-electron chi connectivity index (χ1n) is 39.5. The van der Waals surface area contributed by atoms with Crippen molar-refractivity contribution in [2.75, 3.05) is 39.6 Å². The van der Waals surface area contributed by atoms with Crippen molar-refractivity contribution >= 4 is 33.6 Å². The molecule has 0 rings (SSSR count). The third kappa shape index (κ3) is 75.5. The number of hydrogen-bond acceptors (Lipinski definition) is 14. The van der Waals surface area contributed by atoms with Crippen LogP contribution in [0.3, 0.4) is 0 Å². The minimum Gasteiger partial charge on any atom is -0.463 e. The standard InChI is InChI=1S/C81H144O16P2/c1-4-7-10-13-16-19-22-25-27-28-29-30-31-32-33-34-35-36-37-38-39-40-41-42-43-44-45-46-48-51-52-55-58-61-64-67-79(84)91-70-76(82)71-93-98(87,88)94-72-77(83)73-95-99(89,90)96-75-78(97-81(86)69-66-63-60-57-54-49-24-21-18-15-12-9-6-3)74-92-80(85)68-65-62-59-56-53-50-47-26-23-20-17-14-11-8-5-2/h7,10,16-17,19-21,24-27,29-30,32-33,47,76-78,82-83H,4-6,8-9,11-15,18,22-23,28,31,34-46,48-75H2,1-3H3,(H,87,88)(H,89,90)/b10-7-,19-16-,20-17-,24-21-,27-25-,30-29-,33-32-,47-26-. The SMILES string of the molecule is CC/C=C\C/C=C\C/C=C\C/C=C\C/C=C\CCCCCCCCCCCCCCCCCCCCCC(=O)OCC(O)COP(=O)(O)OCC(O)COP(=O)(O)OCC(COC(=O)CCCCCCC/C=C\C/C=C\CCCCC)OC(=O)CCCCCCC/C=C\CCCCCC. The number of phosphoric acid groups is 2. The van der Waals surface area contributed by atoms with Gasteiger partial charge in [-0.1, -0.05) is 298 Å². The van der Waals surface area contributed by atoms with Gasteiger partial charge in [-0.3, -0.25) is 32.5 Å². The third-order valence-corrected chi connectivity index (χ3v) is 18.7. The molecule has 18 heteroatoms. The number of rotatable bonds is 75. The summed E-state index contributed by atoms with van der Waals surface area (Å²) >= 11 is 0. The molecule has 0 heterocycles. The lowest BCUT2D eigenvalue weighted by Gasteiger charge is -2.21. The number of ether oxygens (including phenoxy) is 3. The van der Waals surface area contributed by atoms with Gasteiger partial charge in [-0.25, -0.2) is 9.13 Å². The van der Waals surface area contributed by atoms with Crippen LogP contribution < -0.4 is 0 Å². The number of phosphoric ester groups is 2. The number of hydrogen-bond donors (Lipinski definition) is 4. The van der Waals surface area contributed by atoms with Crippen molar-refractivity contribution in [3.63, 3.8) is 0 Å². The van der Waals surface area contributed by atoms with Crippen LogP contribution in [0.5, 0.6) is 0 Å². The highest BCUT2D eigenvalue weighted by atomic mass is 31.2. The second-order valence-corrected chi connectivity index (χ2v) is 29.4. The molecule has 0 saturated heterocycles. The van der Waals surface area contributed by atoms with E-state index >= 15 is 0 Å². The van der Waals surface area contributed by atoms with Gasteiger partial charge in [0.25, 0.3) is 0 Å². The van der Waals surface area contributed by atoms with E-state index < -0.39 is 91.5 Å². The molecule has 0 aliphatic rings. The van der Waals surface area contributed by atoms with Crippen LogP contribution >= 0.6 is 15.6 Å². The minimum absolute atomic E-state index is 0.0932.